The predicted octanol–water partition coefficient (Wildman–Crippen LogP) is 1.93. The second-order valence-corrected chi connectivity index (χ2v) is 4.84. The number of rotatable bonds is 7. The van der Waals surface area contributed by atoms with E-state index >= 15 is 0 Å². The first-order chi connectivity index (χ1) is 8.95. The Morgan fingerprint density at radius 1 is 1.17 bits per heavy atom. The normalized spacial score (nSPS) is 16.9. The Hall–Kier alpha value is -0.900. The molecule has 2 N–H and O–H groups in total. The summed E-state index contributed by atoms with van der Waals surface area (Å²) in [5.41, 5.74) is 1.34. The van der Waals surface area contributed by atoms with Crippen LogP contribution in [0.2, 0.25) is 0 Å². The zero-order valence-electron chi connectivity index (χ0n) is 11.0. The van der Waals surface area contributed by atoms with E-state index in [1.165, 1.54) is 5.56 Å². The van der Waals surface area contributed by atoms with E-state index in [1.54, 1.807) is 0 Å². The number of hydrogen-bond acceptors (Lipinski definition) is 3. The summed E-state index contributed by atoms with van der Waals surface area (Å²) in [6, 6.07) is 10.5. The minimum absolute atomic E-state index is 0.486. The van der Waals surface area contributed by atoms with E-state index in [0.717, 1.165) is 52.0 Å². The maximum atomic E-state index is 5.86. The smallest absolute Gasteiger partial charge is 0.0599 e. The molecule has 1 aliphatic heterocycles. The number of hydrogen-bond donors (Lipinski definition) is 2. The van der Waals surface area contributed by atoms with Crippen LogP contribution in [-0.2, 0) is 11.3 Å². The van der Waals surface area contributed by atoms with Crippen LogP contribution in [0.4, 0.5) is 0 Å². The minimum atomic E-state index is 0.486. The first-order valence-corrected chi connectivity index (χ1v) is 7.02. The molecule has 1 saturated heterocycles. The van der Waals surface area contributed by atoms with Crippen LogP contribution in [0.15, 0.2) is 30.3 Å². The number of nitrogens with one attached hydrogen (secondary N) is 2. The summed E-state index contributed by atoms with van der Waals surface area (Å²) in [7, 11) is 0. The maximum Gasteiger partial charge on any atom is 0.0599 e. The van der Waals surface area contributed by atoms with Gasteiger partial charge in [-0.1, -0.05) is 30.3 Å². The Morgan fingerprint density at radius 3 is 2.72 bits per heavy atom. The zero-order chi connectivity index (χ0) is 12.5. The molecule has 0 atom stereocenters. The molecule has 0 unspecified atom stereocenters. The highest BCUT2D eigenvalue weighted by molar-refractivity contribution is 5.14. The van der Waals surface area contributed by atoms with Crippen molar-refractivity contribution in [3.63, 3.8) is 0 Å². The van der Waals surface area contributed by atoms with Gasteiger partial charge in [0.1, 0.15) is 0 Å². The van der Waals surface area contributed by atoms with E-state index in [1.807, 2.05) is 0 Å². The van der Waals surface area contributed by atoms with Crippen molar-refractivity contribution in [2.24, 2.45) is 0 Å². The average molecular weight is 248 g/mol. The van der Waals surface area contributed by atoms with E-state index in [9.17, 15) is 0 Å². The molecule has 1 aliphatic rings. The molecule has 0 spiro atoms. The van der Waals surface area contributed by atoms with E-state index in [-0.39, 0.29) is 0 Å². The third kappa shape index (κ3) is 5.17. The molecule has 0 bridgehead atoms. The van der Waals surface area contributed by atoms with E-state index in [0.29, 0.717) is 6.10 Å². The maximum absolute atomic E-state index is 5.86. The molecular formula is C15H24N2O. The van der Waals surface area contributed by atoms with Crippen LogP contribution in [0, 0.1) is 0 Å². The highest BCUT2D eigenvalue weighted by atomic mass is 16.5. The first kappa shape index (κ1) is 13.5. The molecule has 1 aromatic carbocycles. The van der Waals surface area contributed by atoms with Crippen LogP contribution in [0.3, 0.4) is 0 Å². The molecule has 2 rings (SSSR count). The Labute approximate surface area is 110 Å². The summed E-state index contributed by atoms with van der Waals surface area (Å²) in [5.74, 6) is 0. The second-order valence-electron chi connectivity index (χ2n) is 4.84. The lowest BCUT2D eigenvalue weighted by atomic mass is 10.1. The summed E-state index contributed by atoms with van der Waals surface area (Å²) in [4.78, 5) is 0. The predicted molar refractivity (Wildman–Crippen MR) is 74.6 cm³/mol. The molecule has 1 aromatic rings. The van der Waals surface area contributed by atoms with Gasteiger partial charge in [0.05, 0.1) is 6.10 Å². The van der Waals surface area contributed by atoms with Gasteiger partial charge in [0, 0.05) is 13.2 Å². The van der Waals surface area contributed by atoms with Crippen molar-refractivity contribution in [3.05, 3.63) is 35.9 Å². The molecule has 0 radical (unpaired) electrons. The standard InChI is InChI=1S/C15H24N2O/c1-2-5-14(6-3-1)13-17-9-4-12-18-15-7-10-16-11-8-15/h1-3,5-6,15-17H,4,7-13H2. The molecule has 3 nitrogen and oxygen atoms in total. The molecule has 0 aromatic heterocycles. The van der Waals surface area contributed by atoms with Crippen LogP contribution < -0.4 is 10.6 Å². The topological polar surface area (TPSA) is 33.3 Å². The van der Waals surface area contributed by atoms with Gasteiger partial charge in [0.25, 0.3) is 0 Å². The quantitative estimate of drug-likeness (QED) is 0.723. The van der Waals surface area contributed by atoms with E-state index in [2.05, 4.69) is 41.0 Å². The molecule has 0 saturated carbocycles. The second kappa shape index (κ2) is 8.25. The summed E-state index contributed by atoms with van der Waals surface area (Å²) in [6.07, 6.45) is 3.91. The monoisotopic (exact) mass is 248 g/mol. The Kier molecular flexibility index (Phi) is 6.20. The van der Waals surface area contributed by atoms with Crippen LogP contribution in [0.1, 0.15) is 24.8 Å². The zero-order valence-corrected chi connectivity index (χ0v) is 11.0. The fourth-order valence-electron chi connectivity index (χ4n) is 2.24. The van der Waals surface area contributed by atoms with Crippen molar-refractivity contribution in [2.75, 3.05) is 26.2 Å². The van der Waals surface area contributed by atoms with Crippen molar-refractivity contribution in [1.82, 2.24) is 10.6 Å². The van der Waals surface area contributed by atoms with Gasteiger partial charge in [-0.25, -0.2) is 0 Å². The van der Waals surface area contributed by atoms with Gasteiger partial charge < -0.3 is 15.4 Å². The van der Waals surface area contributed by atoms with Gasteiger partial charge in [-0.3, -0.25) is 0 Å². The van der Waals surface area contributed by atoms with Crippen LogP contribution in [0.25, 0.3) is 0 Å². The molecule has 0 amide bonds. The average Bonchev–Trinajstić information content (AvgIpc) is 2.45. The van der Waals surface area contributed by atoms with Gasteiger partial charge >= 0.3 is 0 Å². The third-order valence-corrected chi connectivity index (χ3v) is 3.31. The molecule has 3 heteroatoms. The Balaban J connectivity index is 1.46. The third-order valence-electron chi connectivity index (χ3n) is 3.31. The van der Waals surface area contributed by atoms with Crippen LogP contribution >= 0.6 is 0 Å². The molecular weight excluding hydrogens is 224 g/mol. The van der Waals surface area contributed by atoms with Crippen molar-refractivity contribution < 1.29 is 4.74 Å². The molecule has 0 aliphatic carbocycles. The minimum Gasteiger partial charge on any atom is -0.378 e. The van der Waals surface area contributed by atoms with Crippen molar-refractivity contribution in [1.29, 1.82) is 0 Å². The lowest BCUT2D eigenvalue weighted by Gasteiger charge is -2.22. The van der Waals surface area contributed by atoms with Gasteiger partial charge in [-0.2, -0.15) is 0 Å². The van der Waals surface area contributed by atoms with Gasteiger partial charge in [-0.05, 0) is 44.5 Å². The summed E-state index contributed by atoms with van der Waals surface area (Å²) >= 11 is 0. The van der Waals surface area contributed by atoms with E-state index < -0.39 is 0 Å². The van der Waals surface area contributed by atoms with Crippen molar-refractivity contribution >= 4 is 0 Å². The lowest BCUT2D eigenvalue weighted by Crippen LogP contribution is -2.32. The Bertz CT molecular complexity index is 310. The highest BCUT2D eigenvalue weighted by Crippen LogP contribution is 2.07. The van der Waals surface area contributed by atoms with Gasteiger partial charge in [0.2, 0.25) is 0 Å². The van der Waals surface area contributed by atoms with Gasteiger partial charge in [0.15, 0.2) is 0 Å². The lowest BCUT2D eigenvalue weighted by molar-refractivity contribution is 0.0317. The van der Waals surface area contributed by atoms with Gasteiger partial charge in [-0.15, -0.1) is 0 Å². The van der Waals surface area contributed by atoms with Crippen LogP contribution in [0.5, 0.6) is 0 Å². The number of piperidine rings is 1. The first-order valence-electron chi connectivity index (χ1n) is 7.02. The number of benzene rings is 1. The Morgan fingerprint density at radius 2 is 1.94 bits per heavy atom. The molecule has 100 valence electrons. The summed E-state index contributed by atoms with van der Waals surface area (Å²) < 4.78 is 5.86. The molecule has 18 heavy (non-hydrogen) atoms. The molecule has 1 fully saturated rings. The van der Waals surface area contributed by atoms with Crippen molar-refractivity contribution in [2.45, 2.75) is 31.9 Å². The van der Waals surface area contributed by atoms with Crippen molar-refractivity contribution in [3.8, 4) is 0 Å². The summed E-state index contributed by atoms with van der Waals surface area (Å²) in [6.45, 7) is 5.08. The fraction of sp³-hybridized carbons (Fsp3) is 0.600. The summed E-state index contributed by atoms with van der Waals surface area (Å²) in [5, 5.41) is 6.80. The largest absolute Gasteiger partial charge is 0.378 e. The fourth-order valence-corrected chi connectivity index (χ4v) is 2.24. The van der Waals surface area contributed by atoms with E-state index in [4.69, 9.17) is 4.74 Å². The SMILES string of the molecule is c1ccc(CNCCCOC2CCNCC2)cc1. The highest BCUT2D eigenvalue weighted by Gasteiger charge is 2.12. The number of ether oxygens (including phenoxy) is 1. The molecule has 1 heterocycles. The van der Waals surface area contributed by atoms with Crippen LogP contribution in [-0.4, -0.2) is 32.3 Å².